The summed E-state index contributed by atoms with van der Waals surface area (Å²) in [6.45, 7) is 1.75. The van der Waals surface area contributed by atoms with E-state index < -0.39 is 0 Å². The lowest BCUT2D eigenvalue weighted by Crippen LogP contribution is -2.45. The topological polar surface area (TPSA) is 86.4 Å². The van der Waals surface area contributed by atoms with Crippen molar-refractivity contribution >= 4 is 11.8 Å². The number of carbonyl (C=O) groups excluding carboxylic acids is 2. The Balaban J connectivity index is 1.34. The van der Waals surface area contributed by atoms with E-state index in [1.807, 2.05) is 9.80 Å². The highest BCUT2D eigenvalue weighted by Crippen LogP contribution is 2.34. The van der Waals surface area contributed by atoms with Gasteiger partial charge in [-0.25, -0.2) is 4.98 Å². The van der Waals surface area contributed by atoms with E-state index in [-0.39, 0.29) is 35.3 Å². The average Bonchev–Trinajstić information content (AvgIpc) is 3.38. The van der Waals surface area contributed by atoms with E-state index in [2.05, 4.69) is 4.98 Å². The molecule has 1 N–H and O–H groups in total. The van der Waals surface area contributed by atoms with Crippen molar-refractivity contribution in [3.8, 4) is 0 Å². The molecule has 7 heteroatoms. The van der Waals surface area contributed by atoms with E-state index in [0.717, 1.165) is 82.9 Å². The molecule has 0 unspecified atom stereocenters. The van der Waals surface area contributed by atoms with E-state index in [0.29, 0.717) is 30.9 Å². The molecule has 2 aliphatic heterocycles. The van der Waals surface area contributed by atoms with Crippen molar-refractivity contribution in [2.24, 2.45) is 11.8 Å². The third-order valence-electron chi connectivity index (χ3n) is 8.16. The summed E-state index contributed by atoms with van der Waals surface area (Å²) in [5.41, 5.74) is 1.31. The number of rotatable bonds is 3. The van der Waals surface area contributed by atoms with Crippen LogP contribution in [0.5, 0.6) is 0 Å². The molecule has 2 saturated carbocycles. The molecule has 4 aliphatic rings. The summed E-state index contributed by atoms with van der Waals surface area (Å²) < 4.78 is 0. The second-order valence-corrected chi connectivity index (χ2v) is 10.2. The van der Waals surface area contributed by atoms with Crippen LogP contribution >= 0.6 is 0 Å². The SMILES string of the molecule is O=C(C1CCCCC1)N1CCc2nc([C@@H]3CCCCN3C(=O)C3CCCC3)[nH]c(=O)c2C1. The minimum atomic E-state index is -0.134. The molecule has 1 aromatic heterocycles. The highest BCUT2D eigenvalue weighted by molar-refractivity contribution is 5.80. The number of likely N-dealkylation sites (tertiary alicyclic amines) is 1. The van der Waals surface area contributed by atoms with Gasteiger partial charge in [-0.3, -0.25) is 14.4 Å². The molecular weight excluding hydrogens is 404 g/mol. The Morgan fingerprint density at radius 1 is 0.812 bits per heavy atom. The Labute approximate surface area is 190 Å². The third kappa shape index (κ3) is 4.23. The van der Waals surface area contributed by atoms with Crippen molar-refractivity contribution in [3.63, 3.8) is 0 Å². The monoisotopic (exact) mass is 440 g/mol. The Kier molecular flexibility index (Phi) is 6.33. The van der Waals surface area contributed by atoms with Crippen LogP contribution in [-0.2, 0) is 22.6 Å². The van der Waals surface area contributed by atoms with Crippen LogP contribution in [0, 0.1) is 11.8 Å². The summed E-state index contributed by atoms with van der Waals surface area (Å²) in [6, 6.07) is -0.128. The third-order valence-corrected chi connectivity index (χ3v) is 8.16. The van der Waals surface area contributed by atoms with Gasteiger partial charge in [-0.2, -0.15) is 0 Å². The minimum Gasteiger partial charge on any atom is -0.337 e. The number of amides is 2. The fraction of sp³-hybridized carbons (Fsp3) is 0.760. The first-order valence-corrected chi connectivity index (χ1v) is 12.8. The maximum atomic E-state index is 13.2. The van der Waals surface area contributed by atoms with Gasteiger partial charge in [0, 0.05) is 31.3 Å². The summed E-state index contributed by atoms with van der Waals surface area (Å²) >= 11 is 0. The van der Waals surface area contributed by atoms with Gasteiger partial charge in [0.15, 0.2) is 0 Å². The van der Waals surface area contributed by atoms with Crippen LogP contribution in [0.2, 0.25) is 0 Å². The van der Waals surface area contributed by atoms with Crippen LogP contribution in [0.4, 0.5) is 0 Å². The van der Waals surface area contributed by atoms with E-state index in [1.54, 1.807) is 0 Å². The first kappa shape index (κ1) is 21.7. The van der Waals surface area contributed by atoms with Crippen molar-refractivity contribution in [2.75, 3.05) is 13.1 Å². The van der Waals surface area contributed by atoms with E-state index in [9.17, 15) is 14.4 Å². The molecule has 2 aliphatic carbocycles. The summed E-state index contributed by atoms with van der Waals surface area (Å²) in [7, 11) is 0. The summed E-state index contributed by atoms with van der Waals surface area (Å²) in [6.07, 6.45) is 13.2. The van der Waals surface area contributed by atoms with Crippen LogP contribution in [0.3, 0.4) is 0 Å². The maximum absolute atomic E-state index is 13.2. The normalized spacial score (nSPS) is 25.1. The quantitative estimate of drug-likeness (QED) is 0.780. The number of aromatic nitrogens is 2. The van der Waals surface area contributed by atoms with Gasteiger partial charge in [-0.1, -0.05) is 32.1 Å². The molecule has 2 amide bonds. The molecule has 32 heavy (non-hydrogen) atoms. The van der Waals surface area contributed by atoms with Gasteiger partial charge in [0.25, 0.3) is 5.56 Å². The fourth-order valence-corrected chi connectivity index (χ4v) is 6.28. The zero-order chi connectivity index (χ0) is 22.1. The zero-order valence-electron chi connectivity index (χ0n) is 19.1. The molecular formula is C25H36N4O3. The molecule has 1 saturated heterocycles. The van der Waals surface area contributed by atoms with Gasteiger partial charge >= 0.3 is 0 Å². The number of piperidine rings is 1. The molecule has 0 radical (unpaired) electrons. The number of H-pyrrole nitrogens is 1. The fourth-order valence-electron chi connectivity index (χ4n) is 6.28. The second-order valence-electron chi connectivity index (χ2n) is 10.2. The van der Waals surface area contributed by atoms with Gasteiger partial charge in [0.2, 0.25) is 11.8 Å². The van der Waals surface area contributed by atoms with Crippen molar-refractivity contribution < 1.29 is 9.59 Å². The van der Waals surface area contributed by atoms with Crippen LogP contribution in [-0.4, -0.2) is 44.7 Å². The van der Waals surface area contributed by atoms with Crippen LogP contribution in [0.1, 0.15) is 100 Å². The molecule has 5 rings (SSSR count). The number of carbonyl (C=O) groups is 2. The molecule has 174 valence electrons. The van der Waals surface area contributed by atoms with Gasteiger partial charge in [-0.15, -0.1) is 0 Å². The molecule has 1 aromatic rings. The number of nitrogens with zero attached hydrogens (tertiary/aromatic N) is 3. The Hall–Kier alpha value is -2.18. The van der Waals surface area contributed by atoms with E-state index in [4.69, 9.17) is 4.98 Å². The molecule has 1 atom stereocenters. The molecule has 0 bridgehead atoms. The Bertz CT molecular complexity index is 914. The largest absolute Gasteiger partial charge is 0.337 e. The van der Waals surface area contributed by atoms with Crippen LogP contribution in [0.25, 0.3) is 0 Å². The van der Waals surface area contributed by atoms with Crippen LogP contribution < -0.4 is 5.56 Å². The highest BCUT2D eigenvalue weighted by atomic mass is 16.2. The molecule has 0 spiro atoms. The van der Waals surface area contributed by atoms with Gasteiger partial charge in [0.05, 0.1) is 23.8 Å². The number of nitrogens with one attached hydrogen (secondary N) is 1. The standard InChI is InChI=1S/C25H36N4O3/c30-23-19-16-28(24(31)17-8-2-1-3-9-17)15-13-20(19)26-22(27-23)21-12-6-7-14-29(21)25(32)18-10-4-5-11-18/h17-18,21H,1-16H2,(H,26,27,30)/t21-/m0/s1. The number of hydrogen-bond acceptors (Lipinski definition) is 4. The number of fused-ring (bicyclic) bond motifs is 1. The summed E-state index contributed by atoms with van der Waals surface area (Å²) in [5, 5.41) is 0. The van der Waals surface area contributed by atoms with E-state index in [1.165, 1.54) is 6.42 Å². The average molecular weight is 441 g/mol. The van der Waals surface area contributed by atoms with Crippen molar-refractivity contribution in [1.29, 1.82) is 0 Å². The highest BCUT2D eigenvalue weighted by Gasteiger charge is 2.36. The van der Waals surface area contributed by atoms with Crippen molar-refractivity contribution in [1.82, 2.24) is 19.8 Å². The first-order chi connectivity index (χ1) is 15.6. The number of hydrogen-bond donors (Lipinski definition) is 1. The predicted molar refractivity (Wildman–Crippen MR) is 121 cm³/mol. The molecule has 3 fully saturated rings. The first-order valence-electron chi connectivity index (χ1n) is 12.8. The van der Waals surface area contributed by atoms with Crippen molar-refractivity contribution in [3.05, 3.63) is 27.4 Å². The zero-order valence-corrected chi connectivity index (χ0v) is 19.1. The van der Waals surface area contributed by atoms with Gasteiger partial charge < -0.3 is 14.8 Å². The van der Waals surface area contributed by atoms with Crippen LogP contribution in [0.15, 0.2) is 4.79 Å². The van der Waals surface area contributed by atoms with Crippen molar-refractivity contribution in [2.45, 2.75) is 96.1 Å². The lowest BCUT2D eigenvalue weighted by molar-refractivity contribution is -0.140. The van der Waals surface area contributed by atoms with Gasteiger partial charge in [-0.05, 0) is 44.9 Å². The second kappa shape index (κ2) is 9.36. The Morgan fingerprint density at radius 3 is 2.22 bits per heavy atom. The summed E-state index contributed by atoms with van der Waals surface area (Å²) in [5.74, 6) is 1.36. The molecule has 7 nitrogen and oxygen atoms in total. The lowest BCUT2D eigenvalue weighted by Gasteiger charge is -2.37. The van der Waals surface area contributed by atoms with Gasteiger partial charge in [0.1, 0.15) is 5.82 Å². The lowest BCUT2D eigenvalue weighted by atomic mass is 9.88. The maximum Gasteiger partial charge on any atom is 0.256 e. The predicted octanol–water partition coefficient (Wildman–Crippen LogP) is 3.48. The molecule has 0 aromatic carbocycles. The Morgan fingerprint density at radius 2 is 1.47 bits per heavy atom. The minimum absolute atomic E-state index is 0.119. The van der Waals surface area contributed by atoms with E-state index >= 15 is 0 Å². The molecule has 3 heterocycles. The summed E-state index contributed by atoms with van der Waals surface area (Å²) in [4.78, 5) is 51.0. The number of aromatic amines is 1. The smallest absolute Gasteiger partial charge is 0.256 e.